The van der Waals surface area contributed by atoms with Crippen molar-refractivity contribution in [2.24, 2.45) is 0 Å². The van der Waals surface area contributed by atoms with Gasteiger partial charge in [0.15, 0.2) is 0 Å². The monoisotopic (exact) mass is 615 g/mol. The molecule has 0 unspecified atom stereocenters. The molecule has 0 fully saturated rings. The van der Waals surface area contributed by atoms with E-state index in [1.54, 1.807) is 0 Å². The lowest BCUT2D eigenvalue weighted by molar-refractivity contribution is 0.667. The summed E-state index contributed by atoms with van der Waals surface area (Å²) in [5.41, 5.74) is 14.9. The molecular formula is C46H33NO. The third-order valence-corrected chi connectivity index (χ3v) is 9.55. The predicted molar refractivity (Wildman–Crippen MR) is 202 cm³/mol. The van der Waals surface area contributed by atoms with Gasteiger partial charge in [-0.05, 0) is 82.6 Å². The van der Waals surface area contributed by atoms with Gasteiger partial charge in [-0.2, -0.15) is 0 Å². The Labute approximate surface area is 280 Å². The number of rotatable bonds is 6. The third kappa shape index (κ3) is 4.82. The predicted octanol–water partition coefficient (Wildman–Crippen LogP) is 13.0. The standard InChI is InChI=1S/C46H33NO/c1-4-15-32(16-5-1)33-27-29-36(30-28-33)47(42-24-13-12-21-37(42)34-17-6-2-7-18-34)43-25-14-26-44-45(43)41-31-40(35-19-8-3-9-20-35)38-22-10-11-23-39(38)46(41)48-44/h1-9,11-21,23-31H,10,22H2. The number of hydrogen-bond acceptors (Lipinski definition) is 2. The molecule has 1 aliphatic carbocycles. The Hall–Kier alpha value is -6.12. The average molecular weight is 616 g/mol. The fourth-order valence-electron chi connectivity index (χ4n) is 7.31. The molecule has 0 amide bonds. The molecule has 1 heterocycles. The molecule has 7 aromatic carbocycles. The number of allylic oxidation sites excluding steroid dienone is 1. The minimum atomic E-state index is 0.886. The zero-order chi connectivity index (χ0) is 31.9. The molecular weight excluding hydrogens is 583 g/mol. The maximum Gasteiger partial charge on any atom is 0.143 e. The molecule has 1 aliphatic rings. The number of para-hydroxylation sites is 1. The van der Waals surface area contributed by atoms with E-state index in [0.717, 1.165) is 51.8 Å². The first-order chi connectivity index (χ1) is 23.8. The molecule has 0 N–H and O–H groups in total. The average Bonchev–Trinajstić information content (AvgIpc) is 3.56. The van der Waals surface area contributed by atoms with E-state index in [4.69, 9.17) is 4.42 Å². The van der Waals surface area contributed by atoms with E-state index in [1.807, 2.05) is 0 Å². The van der Waals surface area contributed by atoms with Crippen LogP contribution in [0, 0.1) is 0 Å². The Kier molecular flexibility index (Phi) is 6.98. The molecule has 228 valence electrons. The van der Waals surface area contributed by atoms with E-state index < -0.39 is 0 Å². The van der Waals surface area contributed by atoms with Crippen molar-refractivity contribution in [1.82, 2.24) is 0 Å². The van der Waals surface area contributed by atoms with Gasteiger partial charge in [0.2, 0.25) is 0 Å². The Morgan fingerprint density at radius 3 is 1.83 bits per heavy atom. The van der Waals surface area contributed by atoms with Crippen LogP contribution in [0.5, 0.6) is 0 Å². The minimum Gasteiger partial charge on any atom is -0.455 e. The van der Waals surface area contributed by atoms with Gasteiger partial charge >= 0.3 is 0 Å². The van der Waals surface area contributed by atoms with Crippen LogP contribution in [0.25, 0.3) is 61.4 Å². The van der Waals surface area contributed by atoms with Gasteiger partial charge in [0.05, 0.1) is 16.8 Å². The first-order valence-electron chi connectivity index (χ1n) is 16.7. The van der Waals surface area contributed by atoms with E-state index in [0.29, 0.717) is 0 Å². The summed E-state index contributed by atoms with van der Waals surface area (Å²) in [4.78, 5) is 2.41. The highest BCUT2D eigenvalue weighted by Crippen LogP contribution is 2.48. The molecule has 0 atom stereocenters. The quantitative estimate of drug-likeness (QED) is 0.185. The van der Waals surface area contributed by atoms with Crippen molar-refractivity contribution in [3.63, 3.8) is 0 Å². The van der Waals surface area contributed by atoms with Gasteiger partial charge in [0, 0.05) is 22.2 Å². The molecule has 0 saturated heterocycles. The van der Waals surface area contributed by atoms with Crippen LogP contribution in [0.4, 0.5) is 17.1 Å². The van der Waals surface area contributed by atoms with Gasteiger partial charge in [-0.3, -0.25) is 0 Å². The number of nitrogens with zero attached hydrogens (tertiary/aromatic N) is 1. The van der Waals surface area contributed by atoms with Crippen molar-refractivity contribution < 1.29 is 4.42 Å². The van der Waals surface area contributed by atoms with Crippen LogP contribution in [-0.4, -0.2) is 0 Å². The summed E-state index contributed by atoms with van der Waals surface area (Å²) in [7, 11) is 0. The van der Waals surface area contributed by atoms with Crippen LogP contribution < -0.4 is 4.90 Å². The summed E-state index contributed by atoms with van der Waals surface area (Å²) in [6.07, 6.45) is 6.58. The highest BCUT2D eigenvalue weighted by atomic mass is 16.3. The maximum atomic E-state index is 6.82. The summed E-state index contributed by atoms with van der Waals surface area (Å²) < 4.78 is 6.82. The minimum absolute atomic E-state index is 0.886. The van der Waals surface area contributed by atoms with Gasteiger partial charge in [0.25, 0.3) is 0 Å². The zero-order valence-corrected chi connectivity index (χ0v) is 26.5. The van der Waals surface area contributed by atoms with E-state index in [9.17, 15) is 0 Å². The largest absolute Gasteiger partial charge is 0.455 e. The van der Waals surface area contributed by atoms with Crippen molar-refractivity contribution in [3.05, 3.63) is 181 Å². The molecule has 2 heteroatoms. The number of fused-ring (bicyclic) bond motifs is 5. The van der Waals surface area contributed by atoms with Crippen LogP contribution in [0.2, 0.25) is 0 Å². The highest BCUT2D eigenvalue weighted by Gasteiger charge is 2.25. The fraction of sp³-hybridized carbons (Fsp3) is 0.0435. The number of hydrogen-bond donors (Lipinski definition) is 0. The second-order valence-corrected chi connectivity index (χ2v) is 12.4. The number of furan rings is 1. The normalized spacial score (nSPS) is 12.3. The Morgan fingerprint density at radius 1 is 0.500 bits per heavy atom. The highest BCUT2D eigenvalue weighted by molar-refractivity contribution is 6.16. The van der Waals surface area contributed by atoms with Crippen molar-refractivity contribution in [2.45, 2.75) is 12.8 Å². The van der Waals surface area contributed by atoms with Gasteiger partial charge < -0.3 is 9.32 Å². The van der Waals surface area contributed by atoms with Crippen molar-refractivity contribution in [1.29, 1.82) is 0 Å². The van der Waals surface area contributed by atoms with E-state index in [1.165, 1.54) is 44.5 Å². The van der Waals surface area contributed by atoms with Crippen LogP contribution in [-0.2, 0) is 6.42 Å². The SMILES string of the molecule is C1=Cc2c(c(-c3ccccc3)cc3c2oc2cccc(N(c4ccc(-c5ccccc5)cc4)c4ccccc4-c4ccccc4)c23)CC1. The molecule has 48 heavy (non-hydrogen) atoms. The van der Waals surface area contributed by atoms with Crippen LogP contribution >= 0.6 is 0 Å². The molecule has 9 rings (SSSR count). The molecule has 8 aromatic rings. The molecule has 0 aliphatic heterocycles. The van der Waals surface area contributed by atoms with Crippen molar-refractivity contribution in [3.8, 4) is 33.4 Å². The molecule has 0 saturated carbocycles. The Morgan fingerprint density at radius 2 is 1.10 bits per heavy atom. The lowest BCUT2D eigenvalue weighted by Crippen LogP contribution is -2.11. The van der Waals surface area contributed by atoms with Crippen molar-refractivity contribution >= 4 is 45.1 Å². The first kappa shape index (κ1) is 28.1. The first-order valence-corrected chi connectivity index (χ1v) is 16.7. The Bertz CT molecular complexity index is 2420. The smallest absolute Gasteiger partial charge is 0.143 e. The van der Waals surface area contributed by atoms with Crippen LogP contribution in [0.15, 0.2) is 174 Å². The van der Waals surface area contributed by atoms with Crippen molar-refractivity contribution in [2.75, 3.05) is 4.90 Å². The molecule has 2 nitrogen and oxygen atoms in total. The second kappa shape index (κ2) is 11.9. The summed E-state index contributed by atoms with van der Waals surface area (Å²) in [5.74, 6) is 0. The maximum absolute atomic E-state index is 6.82. The summed E-state index contributed by atoms with van der Waals surface area (Å²) in [6.45, 7) is 0. The molecule has 1 aromatic heterocycles. The van der Waals surface area contributed by atoms with Gasteiger partial charge in [-0.15, -0.1) is 0 Å². The molecule has 0 spiro atoms. The van der Waals surface area contributed by atoms with Gasteiger partial charge in [0.1, 0.15) is 11.2 Å². The van der Waals surface area contributed by atoms with Gasteiger partial charge in [-0.25, -0.2) is 0 Å². The number of benzene rings is 7. The fourth-order valence-corrected chi connectivity index (χ4v) is 7.31. The number of anilines is 3. The zero-order valence-electron chi connectivity index (χ0n) is 26.5. The summed E-state index contributed by atoms with van der Waals surface area (Å²) >= 11 is 0. The van der Waals surface area contributed by atoms with E-state index in [2.05, 4.69) is 181 Å². The molecule has 0 bridgehead atoms. The van der Waals surface area contributed by atoms with Crippen LogP contribution in [0.3, 0.4) is 0 Å². The summed E-state index contributed by atoms with van der Waals surface area (Å²) in [5, 5.41) is 2.24. The lowest BCUT2D eigenvalue weighted by atomic mass is 9.87. The lowest BCUT2D eigenvalue weighted by Gasteiger charge is -2.28. The van der Waals surface area contributed by atoms with Crippen LogP contribution in [0.1, 0.15) is 17.5 Å². The Balaban J connectivity index is 1.33. The summed E-state index contributed by atoms with van der Waals surface area (Å²) in [6, 6.07) is 58.5. The second-order valence-electron chi connectivity index (χ2n) is 12.4. The van der Waals surface area contributed by atoms with E-state index in [-0.39, 0.29) is 0 Å². The van der Waals surface area contributed by atoms with Gasteiger partial charge in [-0.1, -0.05) is 140 Å². The molecule has 0 radical (unpaired) electrons. The van der Waals surface area contributed by atoms with E-state index >= 15 is 0 Å². The topological polar surface area (TPSA) is 16.4 Å². The third-order valence-electron chi connectivity index (χ3n) is 9.55.